The van der Waals surface area contributed by atoms with Gasteiger partial charge in [0.05, 0.1) is 6.54 Å². The highest BCUT2D eigenvalue weighted by atomic mass is 16.3. The van der Waals surface area contributed by atoms with Crippen LogP contribution in [0, 0.1) is 0 Å². The van der Waals surface area contributed by atoms with E-state index in [1.54, 1.807) is 11.8 Å². The van der Waals surface area contributed by atoms with Gasteiger partial charge in [0.15, 0.2) is 0 Å². The standard InChI is InChI=1S/C19H22N2O3/c1-13(22)20-10-4-6-17(20)19(23)21(15-8-9-15)12-16-11-14-5-2-3-7-18(14)24-16/h2-3,5,7,11,15,17H,4,6,8-10,12H2,1H3/t17-/m1/s1. The molecule has 1 aromatic carbocycles. The number of nitrogens with zero attached hydrogens (tertiary/aromatic N) is 2. The summed E-state index contributed by atoms with van der Waals surface area (Å²) in [6.07, 6.45) is 3.75. The average Bonchev–Trinajstić information content (AvgIpc) is 3.13. The molecule has 1 saturated heterocycles. The average molecular weight is 326 g/mol. The molecule has 126 valence electrons. The molecule has 0 bridgehead atoms. The highest BCUT2D eigenvalue weighted by Crippen LogP contribution is 2.32. The van der Waals surface area contributed by atoms with Crippen molar-refractivity contribution in [3.05, 3.63) is 36.1 Å². The van der Waals surface area contributed by atoms with E-state index in [4.69, 9.17) is 4.42 Å². The van der Waals surface area contributed by atoms with Gasteiger partial charge in [-0.2, -0.15) is 0 Å². The summed E-state index contributed by atoms with van der Waals surface area (Å²) < 4.78 is 5.89. The molecule has 1 saturated carbocycles. The Morgan fingerprint density at radius 3 is 2.75 bits per heavy atom. The molecular weight excluding hydrogens is 304 g/mol. The van der Waals surface area contributed by atoms with E-state index in [0.717, 1.165) is 42.4 Å². The Balaban J connectivity index is 1.56. The molecule has 4 rings (SSSR count). The lowest BCUT2D eigenvalue weighted by molar-refractivity contribution is -0.143. The molecule has 1 aliphatic heterocycles. The van der Waals surface area contributed by atoms with Crippen LogP contribution in [0.25, 0.3) is 11.0 Å². The number of para-hydroxylation sites is 1. The molecule has 2 aliphatic rings. The number of amides is 2. The maximum atomic E-state index is 13.1. The fourth-order valence-electron chi connectivity index (χ4n) is 3.65. The fourth-order valence-corrected chi connectivity index (χ4v) is 3.65. The van der Waals surface area contributed by atoms with Crippen molar-refractivity contribution >= 4 is 22.8 Å². The molecule has 2 heterocycles. The van der Waals surface area contributed by atoms with E-state index in [1.165, 1.54) is 0 Å². The first kappa shape index (κ1) is 15.2. The number of likely N-dealkylation sites (tertiary alicyclic amines) is 1. The SMILES string of the molecule is CC(=O)N1CCC[C@@H]1C(=O)N(Cc1cc2ccccc2o1)C1CC1. The monoisotopic (exact) mass is 326 g/mol. The molecule has 1 aromatic heterocycles. The summed E-state index contributed by atoms with van der Waals surface area (Å²) in [4.78, 5) is 28.5. The Morgan fingerprint density at radius 1 is 1.25 bits per heavy atom. The zero-order chi connectivity index (χ0) is 16.7. The van der Waals surface area contributed by atoms with Crippen molar-refractivity contribution in [2.45, 2.75) is 51.2 Å². The van der Waals surface area contributed by atoms with E-state index in [9.17, 15) is 9.59 Å². The minimum atomic E-state index is -0.299. The summed E-state index contributed by atoms with van der Waals surface area (Å²) in [5.41, 5.74) is 0.849. The Bertz CT molecular complexity index is 745. The molecule has 2 amide bonds. The van der Waals surface area contributed by atoms with Gasteiger partial charge in [-0.1, -0.05) is 18.2 Å². The predicted octanol–water partition coefficient (Wildman–Crippen LogP) is 2.93. The van der Waals surface area contributed by atoms with Gasteiger partial charge >= 0.3 is 0 Å². The number of carbonyl (C=O) groups is 2. The highest BCUT2D eigenvalue weighted by molar-refractivity contribution is 5.88. The maximum absolute atomic E-state index is 13.1. The largest absolute Gasteiger partial charge is 0.459 e. The summed E-state index contributed by atoms with van der Waals surface area (Å²) in [6.45, 7) is 2.72. The van der Waals surface area contributed by atoms with Crippen LogP contribution in [0.15, 0.2) is 34.7 Å². The number of hydrogen-bond acceptors (Lipinski definition) is 3. The van der Waals surface area contributed by atoms with Crippen LogP contribution in [-0.2, 0) is 16.1 Å². The Labute approximate surface area is 141 Å². The molecule has 0 spiro atoms. The van der Waals surface area contributed by atoms with Crippen molar-refractivity contribution in [2.75, 3.05) is 6.54 Å². The van der Waals surface area contributed by atoms with E-state index >= 15 is 0 Å². The van der Waals surface area contributed by atoms with Gasteiger partial charge in [0.1, 0.15) is 17.4 Å². The zero-order valence-corrected chi connectivity index (χ0v) is 13.9. The van der Waals surface area contributed by atoms with Crippen LogP contribution in [0.5, 0.6) is 0 Å². The lowest BCUT2D eigenvalue weighted by Crippen LogP contribution is -2.47. The molecule has 1 atom stereocenters. The van der Waals surface area contributed by atoms with Crippen LogP contribution in [0.1, 0.15) is 38.4 Å². The van der Waals surface area contributed by atoms with Gasteiger partial charge < -0.3 is 14.2 Å². The Kier molecular flexibility index (Phi) is 3.79. The third-order valence-corrected chi connectivity index (χ3v) is 5.02. The van der Waals surface area contributed by atoms with Crippen molar-refractivity contribution < 1.29 is 14.0 Å². The predicted molar refractivity (Wildman–Crippen MR) is 90.2 cm³/mol. The molecule has 0 N–H and O–H groups in total. The normalized spacial score (nSPS) is 20.5. The van der Waals surface area contributed by atoms with Crippen molar-refractivity contribution in [2.24, 2.45) is 0 Å². The highest BCUT2D eigenvalue weighted by Gasteiger charge is 2.40. The topological polar surface area (TPSA) is 53.8 Å². The molecule has 5 nitrogen and oxygen atoms in total. The second kappa shape index (κ2) is 5.96. The summed E-state index contributed by atoms with van der Waals surface area (Å²) in [5, 5.41) is 1.06. The van der Waals surface area contributed by atoms with E-state index < -0.39 is 0 Å². The lowest BCUT2D eigenvalue weighted by Gasteiger charge is -2.29. The first-order valence-electron chi connectivity index (χ1n) is 8.68. The van der Waals surface area contributed by atoms with Gasteiger partial charge in [-0.05, 0) is 37.8 Å². The maximum Gasteiger partial charge on any atom is 0.246 e. The van der Waals surface area contributed by atoms with Crippen LogP contribution in [0.2, 0.25) is 0 Å². The van der Waals surface area contributed by atoms with Crippen LogP contribution >= 0.6 is 0 Å². The van der Waals surface area contributed by atoms with Crippen molar-refractivity contribution in [1.82, 2.24) is 9.80 Å². The molecule has 0 unspecified atom stereocenters. The van der Waals surface area contributed by atoms with Gasteiger partial charge in [0, 0.05) is 24.9 Å². The number of rotatable bonds is 4. The van der Waals surface area contributed by atoms with Crippen LogP contribution in [0.4, 0.5) is 0 Å². The second-order valence-electron chi connectivity index (χ2n) is 6.82. The number of carbonyl (C=O) groups excluding carboxylic acids is 2. The minimum absolute atomic E-state index is 0.00895. The fraction of sp³-hybridized carbons (Fsp3) is 0.474. The van der Waals surface area contributed by atoms with Crippen molar-refractivity contribution in [1.29, 1.82) is 0 Å². The molecule has 2 fully saturated rings. The summed E-state index contributed by atoms with van der Waals surface area (Å²) >= 11 is 0. The summed E-state index contributed by atoms with van der Waals surface area (Å²) in [7, 11) is 0. The first-order valence-corrected chi connectivity index (χ1v) is 8.68. The third-order valence-electron chi connectivity index (χ3n) is 5.02. The molecular formula is C19H22N2O3. The van der Waals surface area contributed by atoms with Crippen molar-refractivity contribution in [3.8, 4) is 0 Å². The minimum Gasteiger partial charge on any atom is -0.459 e. The Hall–Kier alpha value is -2.30. The van der Waals surface area contributed by atoms with Crippen molar-refractivity contribution in [3.63, 3.8) is 0 Å². The number of furan rings is 1. The molecule has 2 aromatic rings. The second-order valence-corrected chi connectivity index (χ2v) is 6.82. The van der Waals surface area contributed by atoms with Gasteiger partial charge in [0.25, 0.3) is 0 Å². The van der Waals surface area contributed by atoms with Crippen LogP contribution in [-0.4, -0.2) is 40.2 Å². The third kappa shape index (κ3) is 2.79. The summed E-state index contributed by atoms with van der Waals surface area (Å²) in [6, 6.07) is 9.89. The first-order chi connectivity index (χ1) is 11.6. The van der Waals surface area contributed by atoms with E-state index in [-0.39, 0.29) is 17.9 Å². The number of hydrogen-bond donors (Lipinski definition) is 0. The lowest BCUT2D eigenvalue weighted by atomic mass is 10.1. The number of fused-ring (bicyclic) bond motifs is 1. The molecule has 5 heteroatoms. The molecule has 0 radical (unpaired) electrons. The van der Waals surface area contributed by atoms with E-state index in [1.807, 2.05) is 35.2 Å². The van der Waals surface area contributed by atoms with Crippen LogP contribution in [0.3, 0.4) is 0 Å². The smallest absolute Gasteiger partial charge is 0.246 e. The van der Waals surface area contributed by atoms with Gasteiger partial charge in [-0.15, -0.1) is 0 Å². The van der Waals surface area contributed by atoms with Gasteiger partial charge in [-0.3, -0.25) is 9.59 Å². The quantitative estimate of drug-likeness (QED) is 0.868. The summed E-state index contributed by atoms with van der Waals surface area (Å²) in [5.74, 6) is 0.875. The Morgan fingerprint density at radius 2 is 2.04 bits per heavy atom. The number of benzene rings is 1. The van der Waals surface area contributed by atoms with Gasteiger partial charge in [0.2, 0.25) is 11.8 Å². The molecule has 24 heavy (non-hydrogen) atoms. The van der Waals surface area contributed by atoms with E-state index in [2.05, 4.69) is 0 Å². The van der Waals surface area contributed by atoms with Crippen LogP contribution < -0.4 is 0 Å². The van der Waals surface area contributed by atoms with Gasteiger partial charge in [-0.25, -0.2) is 0 Å². The van der Waals surface area contributed by atoms with E-state index in [0.29, 0.717) is 19.1 Å². The molecule has 1 aliphatic carbocycles. The zero-order valence-electron chi connectivity index (χ0n) is 13.9.